The number of methoxy groups -OCH3 is 2. The van der Waals surface area contributed by atoms with E-state index >= 15 is 0 Å². The minimum Gasteiger partial charge on any atom is -0.468 e. The molecule has 0 aliphatic carbocycles. The van der Waals surface area contributed by atoms with Gasteiger partial charge in [-0.2, -0.15) is 5.10 Å². The van der Waals surface area contributed by atoms with Crippen LogP contribution in [0.25, 0.3) is 0 Å². The van der Waals surface area contributed by atoms with E-state index in [0.717, 1.165) is 4.68 Å². The van der Waals surface area contributed by atoms with E-state index in [1.54, 1.807) is 7.11 Å². The number of ether oxygens (including phenoxy) is 2. The third kappa shape index (κ3) is 4.31. The van der Waals surface area contributed by atoms with Gasteiger partial charge in [0, 0.05) is 13.7 Å². The van der Waals surface area contributed by atoms with Crippen LogP contribution in [0.5, 0.6) is 0 Å². The summed E-state index contributed by atoms with van der Waals surface area (Å²) in [7, 11) is 2.87. The lowest BCUT2D eigenvalue weighted by Crippen LogP contribution is -2.33. The lowest BCUT2D eigenvalue weighted by Gasteiger charge is -2.24. The Morgan fingerprint density at radius 1 is 1.50 bits per heavy atom. The molecule has 1 aromatic rings. The lowest BCUT2D eigenvalue weighted by molar-refractivity contribution is -0.141. The second kappa shape index (κ2) is 6.85. The number of nitrogens with zero attached hydrogens (tertiary/aromatic N) is 2. The third-order valence-electron chi connectivity index (χ3n) is 2.75. The number of rotatable bonds is 6. The first-order chi connectivity index (χ1) is 9.30. The summed E-state index contributed by atoms with van der Waals surface area (Å²) >= 11 is 3.20. The molecule has 0 atom stereocenters. The van der Waals surface area contributed by atoms with Gasteiger partial charge < -0.3 is 14.8 Å². The number of anilines is 1. The summed E-state index contributed by atoms with van der Waals surface area (Å²) in [6.07, 6.45) is 1.47. The van der Waals surface area contributed by atoms with Gasteiger partial charge in [-0.1, -0.05) is 0 Å². The molecule has 0 aliphatic heterocycles. The van der Waals surface area contributed by atoms with E-state index in [9.17, 15) is 9.59 Å². The molecule has 1 aromatic heterocycles. The summed E-state index contributed by atoms with van der Waals surface area (Å²) < 4.78 is 11.1. The Hall–Kier alpha value is -1.41. The quantitative estimate of drug-likeness (QED) is 0.773. The first-order valence-electron chi connectivity index (χ1n) is 5.92. The van der Waals surface area contributed by atoms with Crippen molar-refractivity contribution in [2.24, 2.45) is 0 Å². The zero-order chi connectivity index (χ0) is 15.3. The van der Waals surface area contributed by atoms with E-state index < -0.39 is 11.5 Å². The molecule has 1 heterocycles. The highest BCUT2D eigenvalue weighted by Crippen LogP contribution is 2.18. The Bertz CT molecular complexity index is 542. The van der Waals surface area contributed by atoms with Crippen LogP contribution in [0, 0.1) is 0 Å². The fourth-order valence-corrected chi connectivity index (χ4v) is 1.72. The molecule has 0 aliphatic rings. The maximum Gasteiger partial charge on any atom is 0.327 e. The van der Waals surface area contributed by atoms with Crippen molar-refractivity contribution >= 4 is 27.6 Å². The highest BCUT2D eigenvalue weighted by Gasteiger charge is 2.18. The number of hydrogen-bond acceptors (Lipinski definition) is 6. The molecule has 0 fully saturated rings. The number of halogens is 1. The van der Waals surface area contributed by atoms with Crippen LogP contribution >= 0.6 is 15.9 Å². The van der Waals surface area contributed by atoms with Gasteiger partial charge in [0.15, 0.2) is 0 Å². The lowest BCUT2D eigenvalue weighted by atomic mass is 10.1. The van der Waals surface area contributed by atoms with Gasteiger partial charge in [0.25, 0.3) is 5.56 Å². The fraction of sp³-hybridized carbons (Fsp3) is 0.583. The standard InChI is InChI=1S/C12H18BrN3O4/c1-12(2,20-4)7-14-8-5-15-16(6-9(17)19-3)11(18)10(8)13/h5,14H,6-7H2,1-4H3. The fourth-order valence-electron chi connectivity index (χ4n) is 1.27. The minimum absolute atomic E-state index is 0.224. The second-order valence-corrected chi connectivity index (χ2v) is 5.52. The molecule has 0 unspecified atom stereocenters. The van der Waals surface area contributed by atoms with E-state index in [1.165, 1.54) is 13.3 Å². The van der Waals surface area contributed by atoms with Crippen LogP contribution in [-0.2, 0) is 20.8 Å². The minimum atomic E-state index is -0.535. The molecule has 1 rings (SSSR count). The van der Waals surface area contributed by atoms with E-state index in [2.05, 4.69) is 31.1 Å². The second-order valence-electron chi connectivity index (χ2n) is 4.73. The Labute approximate surface area is 125 Å². The van der Waals surface area contributed by atoms with Crippen molar-refractivity contribution < 1.29 is 14.3 Å². The summed E-state index contributed by atoms with van der Waals surface area (Å²) in [6.45, 7) is 4.11. The molecule has 0 saturated carbocycles. The third-order valence-corrected chi connectivity index (χ3v) is 3.51. The van der Waals surface area contributed by atoms with Gasteiger partial charge in [-0.05, 0) is 29.8 Å². The van der Waals surface area contributed by atoms with Crippen LogP contribution in [0.3, 0.4) is 0 Å². The largest absolute Gasteiger partial charge is 0.468 e. The average Bonchev–Trinajstić information content (AvgIpc) is 2.43. The van der Waals surface area contributed by atoms with Gasteiger partial charge in [-0.25, -0.2) is 4.68 Å². The normalized spacial score (nSPS) is 11.2. The first-order valence-corrected chi connectivity index (χ1v) is 6.71. The Morgan fingerprint density at radius 3 is 2.70 bits per heavy atom. The predicted molar refractivity (Wildman–Crippen MR) is 77.8 cm³/mol. The molecule has 112 valence electrons. The van der Waals surface area contributed by atoms with Crippen LogP contribution < -0.4 is 10.9 Å². The highest BCUT2D eigenvalue weighted by atomic mass is 79.9. The molecule has 20 heavy (non-hydrogen) atoms. The predicted octanol–water partition coefficient (Wildman–Crippen LogP) is 1.02. The van der Waals surface area contributed by atoms with Gasteiger partial charge in [0.1, 0.15) is 11.0 Å². The van der Waals surface area contributed by atoms with Crippen molar-refractivity contribution in [2.45, 2.75) is 26.0 Å². The van der Waals surface area contributed by atoms with Crippen molar-refractivity contribution in [3.8, 4) is 0 Å². The van der Waals surface area contributed by atoms with Crippen LogP contribution in [0.4, 0.5) is 5.69 Å². The molecule has 0 amide bonds. The van der Waals surface area contributed by atoms with Gasteiger partial charge in [-0.15, -0.1) is 0 Å². The zero-order valence-electron chi connectivity index (χ0n) is 11.9. The number of carbonyl (C=O) groups is 1. The summed E-state index contributed by atoms with van der Waals surface area (Å²) in [5.74, 6) is -0.535. The monoisotopic (exact) mass is 347 g/mol. The van der Waals surface area contributed by atoms with Crippen LogP contribution in [0.15, 0.2) is 15.5 Å². The average molecular weight is 348 g/mol. The molecule has 0 spiro atoms. The molecular formula is C12H18BrN3O4. The van der Waals surface area contributed by atoms with Gasteiger partial charge >= 0.3 is 5.97 Å². The summed E-state index contributed by atoms with van der Waals surface area (Å²) in [5, 5.41) is 7.00. The van der Waals surface area contributed by atoms with Crippen molar-refractivity contribution in [2.75, 3.05) is 26.1 Å². The summed E-state index contributed by atoms with van der Waals surface area (Å²) in [6, 6.07) is 0. The maximum absolute atomic E-state index is 12.0. The number of nitrogens with one attached hydrogen (secondary N) is 1. The van der Waals surface area contributed by atoms with E-state index in [4.69, 9.17) is 4.74 Å². The highest BCUT2D eigenvalue weighted by molar-refractivity contribution is 9.10. The molecule has 0 bridgehead atoms. The van der Waals surface area contributed by atoms with Crippen molar-refractivity contribution in [1.29, 1.82) is 0 Å². The first kappa shape index (κ1) is 16.6. The van der Waals surface area contributed by atoms with Gasteiger partial charge in [-0.3, -0.25) is 9.59 Å². The SMILES string of the molecule is COC(=O)Cn1ncc(NCC(C)(C)OC)c(Br)c1=O. The van der Waals surface area contributed by atoms with E-state index in [-0.39, 0.29) is 12.1 Å². The smallest absolute Gasteiger partial charge is 0.327 e. The Kier molecular flexibility index (Phi) is 5.70. The molecule has 8 heteroatoms. The molecule has 0 aromatic carbocycles. The molecule has 1 N–H and O–H groups in total. The topological polar surface area (TPSA) is 82.5 Å². The maximum atomic E-state index is 12.0. The molecular weight excluding hydrogens is 330 g/mol. The van der Waals surface area contributed by atoms with Gasteiger partial charge in [0.05, 0.1) is 24.6 Å². The number of aromatic nitrogens is 2. The number of esters is 1. The van der Waals surface area contributed by atoms with Crippen LogP contribution in [-0.4, -0.2) is 42.1 Å². The molecule has 0 radical (unpaired) electrons. The van der Waals surface area contributed by atoms with Gasteiger partial charge in [0.2, 0.25) is 0 Å². The van der Waals surface area contributed by atoms with Crippen molar-refractivity contribution in [3.63, 3.8) is 0 Å². The van der Waals surface area contributed by atoms with E-state index in [0.29, 0.717) is 16.7 Å². The Morgan fingerprint density at radius 2 is 2.15 bits per heavy atom. The van der Waals surface area contributed by atoms with Crippen molar-refractivity contribution in [1.82, 2.24) is 9.78 Å². The van der Waals surface area contributed by atoms with Crippen molar-refractivity contribution in [3.05, 3.63) is 21.0 Å². The number of carbonyl (C=O) groups excluding carboxylic acids is 1. The zero-order valence-corrected chi connectivity index (χ0v) is 13.5. The van der Waals surface area contributed by atoms with E-state index in [1.807, 2.05) is 13.8 Å². The molecule has 7 nitrogen and oxygen atoms in total. The number of hydrogen-bond donors (Lipinski definition) is 1. The van der Waals surface area contributed by atoms with Crippen LogP contribution in [0.2, 0.25) is 0 Å². The summed E-state index contributed by atoms with van der Waals surface area (Å²) in [4.78, 5) is 23.2. The molecule has 0 saturated heterocycles. The van der Waals surface area contributed by atoms with Crippen LogP contribution in [0.1, 0.15) is 13.8 Å². The Balaban J connectivity index is 2.89. The summed E-state index contributed by atoms with van der Waals surface area (Å²) in [5.41, 5.74) is -0.239.